The molecule has 120 valence electrons. The summed E-state index contributed by atoms with van der Waals surface area (Å²) in [5, 5.41) is 2.98. The summed E-state index contributed by atoms with van der Waals surface area (Å²) in [5.41, 5.74) is 0. The van der Waals surface area contributed by atoms with Gasteiger partial charge in [0, 0.05) is 6.04 Å². The zero-order valence-electron chi connectivity index (χ0n) is 13.0. The third-order valence-electron chi connectivity index (χ3n) is 4.18. The smallest absolute Gasteiger partial charge is 0.411 e. The Labute approximate surface area is 129 Å². The highest BCUT2D eigenvalue weighted by atomic mass is 16.6. The topological polar surface area (TPSA) is 71.8 Å². The highest BCUT2D eigenvalue weighted by molar-refractivity contribution is 5.86. The fraction of sp³-hybridized carbons (Fsp3) is 0.625. The van der Waals surface area contributed by atoms with E-state index in [1.165, 1.54) is 0 Å². The number of amides is 2. The molecule has 2 fully saturated rings. The molecule has 1 saturated carbocycles. The highest BCUT2D eigenvalue weighted by Gasteiger charge is 2.44. The van der Waals surface area contributed by atoms with Crippen LogP contribution in [0.4, 0.5) is 4.79 Å². The molecule has 2 atom stereocenters. The molecule has 1 saturated heterocycles. The van der Waals surface area contributed by atoms with Gasteiger partial charge in [0.15, 0.2) is 0 Å². The van der Waals surface area contributed by atoms with Crippen LogP contribution in [0.15, 0.2) is 16.5 Å². The lowest BCUT2D eigenvalue weighted by atomic mass is 10.1. The second-order valence-corrected chi connectivity index (χ2v) is 5.95. The van der Waals surface area contributed by atoms with E-state index in [9.17, 15) is 9.59 Å². The minimum atomic E-state index is -0.477. The Kier molecular flexibility index (Phi) is 4.09. The van der Waals surface area contributed by atoms with Crippen molar-refractivity contribution in [1.82, 2.24) is 10.2 Å². The molecule has 0 spiro atoms. The number of hydrogen-bond acceptors (Lipinski definition) is 4. The van der Waals surface area contributed by atoms with E-state index in [0.717, 1.165) is 18.6 Å². The highest BCUT2D eigenvalue weighted by Crippen LogP contribution is 2.38. The monoisotopic (exact) mass is 306 g/mol. The number of aryl methyl sites for hydroxylation is 1. The van der Waals surface area contributed by atoms with E-state index in [1.807, 2.05) is 19.1 Å². The molecular formula is C16H22N2O4. The van der Waals surface area contributed by atoms with Crippen LogP contribution < -0.4 is 5.32 Å². The number of furan rings is 1. The molecule has 1 N–H and O–H groups in total. The van der Waals surface area contributed by atoms with Crippen LogP contribution >= 0.6 is 0 Å². The minimum absolute atomic E-state index is 0.0821. The van der Waals surface area contributed by atoms with Crippen molar-refractivity contribution in [3.8, 4) is 0 Å². The van der Waals surface area contributed by atoms with Gasteiger partial charge in [0.2, 0.25) is 5.91 Å². The summed E-state index contributed by atoms with van der Waals surface area (Å²) in [4.78, 5) is 26.3. The van der Waals surface area contributed by atoms with Crippen LogP contribution in [0.1, 0.15) is 50.2 Å². The molecule has 2 aliphatic rings. The molecule has 3 rings (SSSR count). The van der Waals surface area contributed by atoms with E-state index in [0.29, 0.717) is 18.6 Å². The summed E-state index contributed by atoms with van der Waals surface area (Å²) >= 11 is 0. The maximum absolute atomic E-state index is 12.4. The molecule has 0 unspecified atom stereocenters. The fourth-order valence-electron chi connectivity index (χ4n) is 2.96. The molecule has 1 aliphatic heterocycles. The van der Waals surface area contributed by atoms with Gasteiger partial charge in [-0.2, -0.15) is 0 Å². The van der Waals surface area contributed by atoms with Crippen molar-refractivity contribution in [3.63, 3.8) is 0 Å². The molecule has 6 heteroatoms. The number of rotatable bonds is 4. The summed E-state index contributed by atoms with van der Waals surface area (Å²) < 4.78 is 10.8. The average molecular weight is 306 g/mol. The molecule has 6 nitrogen and oxygen atoms in total. The molecule has 2 amide bonds. The number of carbonyl (C=O) groups is 2. The lowest BCUT2D eigenvalue weighted by Crippen LogP contribution is -2.47. The van der Waals surface area contributed by atoms with Gasteiger partial charge in [-0.05, 0) is 51.7 Å². The van der Waals surface area contributed by atoms with E-state index >= 15 is 0 Å². The predicted octanol–water partition coefficient (Wildman–Crippen LogP) is 2.53. The Hall–Kier alpha value is -1.98. The van der Waals surface area contributed by atoms with Crippen LogP contribution in [0.2, 0.25) is 0 Å². The molecule has 0 radical (unpaired) electrons. The molecule has 2 heterocycles. The van der Waals surface area contributed by atoms with Crippen LogP contribution in [0.3, 0.4) is 0 Å². The van der Waals surface area contributed by atoms with Crippen LogP contribution in [0.25, 0.3) is 0 Å². The number of carbonyl (C=O) groups excluding carboxylic acids is 2. The maximum Gasteiger partial charge on any atom is 0.411 e. The number of ether oxygens (including phenoxy) is 1. The SMILES string of the molecule is CCOC(=O)N1[C@@H](C(=O)NC2CC2)CC[C@H]1c1ccc(C)o1. The summed E-state index contributed by atoms with van der Waals surface area (Å²) in [6, 6.07) is 3.31. The molecule has 1 aromatic heterocycles. The van der Waals surface area contributed by atoms with Gasteiger partial charge in [-0.3, -0.25) is 9.69 Å². The van der Waals surface area contributed by atoms with Gasteiger partial charge in [0.25, 0.3) is 0 Å². The van der Waals surface area contributed by atoms with E-state index in [1.54, 1.807) is 11.8 Å². The van der Waals surface area contributed by atoms with Crippen molar-refractivity contribution in [2.24, 2.45) is 0 Å². The van der Waals surface area contributed by atoms with Crippen LogP contribution in [-0.2, 0) is 9.53 Å². The van der Waals surface area contributed by atoms with Gasteiger partial charge < -0.3 is 14.5 Å². The third-order valence-corrected chi connectivity index (χ3v) is 4.18. The van der Waals surface area contributed by atoms with Gasteiger partial charge in [-0.1, -0.05) is 0 Å². The Morgan fingerprint density at radius 1 is 1.32 bits per heavy atom. The number of nitrogens with zero attached hydrogens (tertiary/aromatic N) is 1. The third kappa shape index (κ3) is 2.96. The van der Waals surface area contributed by atoms with Gasteiger partial charge >= 0.3 is 6.09 Å². The molecule has 1 aliphatic carbocycles. The van der Waals surface area contributed by atoms with E-state index in [2.05, 4.69) is 5.32 Å². The maximum atomic E-state index is 12.4. The van der Waals surface area contributed by atoms with Gasteiger partial charge in [0.1, 0.15) is 17.6 Å². The normalized spacial score (nSPS) is 24.4. The average Bonchev–Trinajstić information content (AvgIpc) is 3.01. The molecule has 0 bridgehead atoms. The van der Waals surface area contributed by atoms with Gasteiger partial charge in [-0.25, -0.2) is 4.79 Å². The standard InChI is InChI=1S/C16H22N2O4/c1-3-21-16(20)18-12(14-9-4-10(2)22-14)7-8-13(18)15(19)17-11-5-6-11/h4,9,11-13H,3,5-8H2,1-2H3,(H,17,19)/t12-,13+/m0/s1. The van der Waals surface area contributed by atoms with E-state index in [4.69, 9.17) is 9.15 Å². The lowest BCUT2D eigenvalue weighted by molar-refractivity contribution is -0.125. The van der Waals surface area contributed by atoms with Crippen molar-refractivity contribution >= 4 is 12.0 Å². The Bertz CT molecular complexity index is 564. The number of hydrogen-bond donors (Lipinski definition) is 1. The van der Waals surface area contributed by atoms with E-state index < -0.39 is 12.1 Å². The number of nitrogens with one attached hydrogen (secondary N) is 1. The fourth-order valence-corrected chi connectivity index (χ4v) is 2.96. The zero-order valence-corrected chi connectivity index (χ0v) is 13.0. The first-order valence-electron chi connectivity index (χ1n) is 7.92. The first-order chi connectivity index (χ1) is 10.6. The minimum Gasteiger partial charge on any atom is -0.464 e. The van der Waals surface area contributed by atoms with Crippen LogP contribution in [0.5, 0.6) is 0 Å². The molecule has 22 heavy (non-hydrogen) atoms. The lowest BCUT2D eigenvalue weighted by Gasteiger charge is -2.27. The molecule has 1 aromatic rings. The summed E-state index contributed by atoms with van der Waals surface area (Å²) in [6.07, 6.45) is 2.93. The van der Waals surface area contributed by atoms with Crippen molar-refractivity contribution in [3.05, 3.63) is 23.7 Å². The Balaban J connectivity index is 1.80. The second-order valence-electron chi connectivity index (χ2n) is 5.95. The Morgan fingerprint density at radius 2 is 2.09 bits per heavy atom. The first-order valence-corrected chi connectivity index (χ1v) is 7.92. The number of likely N-dealkylation sites (tertiary alicyclic amines) is 1. The predicted molar refractivity (Wildman–Crippen MR) is 79.2 cm³/mol. The van der Waals surface area contributed by atoms with Crippen molar-refractivity contribution in [2.45, 2.75) is 57.7 Å². The quantitative estimate of drug-likeness (QED) is 0.928. The van der Waals surface area contributed by atoms with E-state index in [-0.39, 0.29) is 24.6 Å². The summed E-state index contributed by atoms with van der Waals surface area (Å²) in [7, 11) is 0. The van der Waals surface area contributed by atoms with Crippen molar-refractivity contribution in [1.29, 1.82) is 0 Å². The van der Waals surface area contributed by atoms with Gasteiger partial charge in [-0.15, -0.1) is 0 Å². The Morgan fingerprint density at radius 3 is 2.68 bits per heavy atom. The van der Waals surface area contributed by atoms with Crippen molar-refractivity contribution < 1.29 is 18.7 Å². The first kappa shape index (κ1) is 14.9. The summed E-state index contributed by atoms with van der Waals surface area (Å²) in [5.74, 6) is 1.43. The van der Waals surface area contributed by atoms with Crippen LogP contribution in [0, 0.1) is 6.92 Å². The zero-order chi connectivity index (χ0) is 15.7. The van der Waals surface area contributed by atoms with Crippen molar-refractivity contribution in [2.75, 3.05) is 6.61 Å². The van der Waals surface area contributed by atoms with Gasteiger partial charge in [0.05, 0.1) is 12.6 Å². The summed E-state index contributed by atoms with van der Waals surface area (Å²) in [6.45, 7) is 3.92. The second kappa shape index (κ2) is 6.02. The molecule has 0 aromatic carbocycles. The van der Waals surface area contributed by atoms with Crippen LogP contribution in [-0.4, -0.2) is 35.6 Å². The molecular weight excluding hydrogens is 284 g/mol. The largest absolute Gasteiger partial charge is 0.464 e.